The van der Waals surface area contributed by atoms with Crippen molar-refractivity contribution in [1.29, 1.82) is 0 Å². The largest absolute Gasteiger partial charge is 0.345 e. The topological polar surface area (TPSA) is 95.2 Å². The van der Waals surface area contributed by atoms with E-state index in [1.165, 1.54) is 0 Å². The molecule has 2 aliphatic rings. The highest BCUT2D eigenvalue weighted by Gasteiger charge is 2.36. The molecule has 4 rings (SSSR count). The van der Waals surface area contributed by atoms with E-state index in [0.717, 1.165) is 24.1 Å². The molecule has 2 aliphatic heterocycles. The second kappa shape index (κ2) is 7.22. The SMILES string of the molecule is CCc1c(C)nc([C@@H]2CCCN2C(=O)C[C@@H]2NC(=O)c3ccccc32)[nH]c1=O. The molecule has 2 aromatic rings. The molecule has 28 heavy (non-hydrogen) atoms. The molecule has 2 N–H and O–H groups in total. The maximum Gasteiger partial charge on any atom is 0.254 e. The molecule has 0 bridgehead atoms. The van der Waals surface area contributed by atoms with Crippen LogP contribution in [0.15, 0.2) is 29.1 Å². The molecule has 3 heterocycles. The number of hydrogen-bond donors (Lipinski definition) is 2. The molecular weight excluding hydrogens is 356 g/mol. The van der Waals surface area contributed by atoms with Crippen LogP contribution in [0.2, 0.25) is 0 Å². The van der Waals surface area contributed by atoms with Crippen molar-refractivity contribution in [3.05, 3.63) is 62.8 Å². The minimum absolute atomic E-state index is 0.0376. The molecule has 1 saturated heterocycles. The average molecular weight is 380 g/mol. The van der Waals surface area contributed by atoms with Gasteiger partial charge in [-0.2, -0.15) is 0 Å². The zero-order valence-corrected chi connectivity index (χ0v) is 16.1. The summed E-state index contributed by atoms with van der Waals surface area (Å²) in [4.78, 5) is 46.7. The highest BCUT2D eigenvalue weighted by atomic mass is 16.2. The number of carbonyl (C=O) groups excluding carboxylic acids is 2. The third kappa shape index (κ3) is 3.10. The summed E-state index contributed by atoms with van der Waals surface area (Å²) < 4.78 is 0. The van der Waals surface area contributed by atoms with Crippen molar-refractivity contribution in [2.75, 3.05) is 6.54 Å². The number of likely N-dealkylation sites (tertiary alicyclic amines) is 1. The van der Waals surface area contributed by atoms with Crippen LogP contribution >= 0.6 is 0 Å². The molecule has 0 radical (unpaired) electrons. The lowest BCUT2D eigenvalue weighted by Gasteiger charge is -2.26. The van der Waals surface area contributed by atoms with Gasteiger partial charge in [0.05, 0.1) is 18.5 Å². The minimum atomic E-state index is -0.311. The smallest absolute Gasteiger partial charge is 0.254 e. The summed E-state index contributed by atoms with van der Waals surface area (Å²) in [5, 5.41) is 2.90. The van der Waals surface area contributed by atoms with Crippen molar-refractivity contribution in [1.82, 2.24) is 20.2 Å². The lowest BCUT2D eigenvalue weighted by Crippen LogP contribution is -2.35. The minimum Gasteiger partial charge on any atom is -0.345 e. The third-order valence-electron chi connectivity index (χ3n) is 5.75. The van der Waals surface area contributed by atoms with Gasteiger partial charge in [0.15, 0.2) is 0 Å². The zero-order chi connectivity index (χ0) is 19.8. The van der Waals surface area contributed by atoms with Crippen LogP contribution < -0.4 is 10.9 Å². The Morgan fingerprint density at radius 2 is 2.07 bits per heavy atom. The fourth-order valence-corrected chi connectivity index (χ4v) is 4.33. The van der Waals surface area contributed by atoms with Crippen molar-refractivity contribution >= 4 is 11.8 Å². The number of fused-ring (bicyclic) bond motifs is 1. The number of carbonyl (C=O) groups is 2. The Bertz CT molecular complexity index is 997. The Morgan fingerprint density at radius 3 is 2.82 bits per heavy atom. The Labute approximate surface area is 163 Å². The van der Waals surface area contributed by atoms with E-state index in [-0.39, 0.29) is 35.9 Å². The molecule has 7 heteroatoms. The van der Waals surface area contributed by atoms with Gasteiger partial charge in [-0.25, -0.2) is 4.98 Å². The quantitative estimate of drug-likeness (QED) is 0.850. The molecule has 0 saturated carbocycles. The van der Waals surface area contributed by atoms with E-state index in [1.807, 2.05) is 32.0 Å². The van der Waals surface area contributed by atoms with Gasteiger partial charge in [0.25, 0.3) is 11.5 Å². The molecule has 1 fully saturated rings. The number of aromatic amines is 1. The number of aromatic nitrogens is 2. The number of nitrogens with zero attached hydrogens (tertiary/aromatic N) is 2. The molecular formula is C21H24N4O3. The lowest BCUT2D eigenvalue weighted by atomic mass is 10.0. The van der Waals surface area contributed by atoms with Gasteiger partial charge >= 0.3 is 0 Å². The Kier molecular flexibility index (Phi) is 4.75. The normalized spacial score (nSPS) is 20.9. The standard InChI is InChI=1S/C21H24N4O3/c1-3-13-12(2)22-19(24-20(13)27)17-9-6-10-25(17)18(26)11-16-14-7-4-5-8-15(14)21(28)23-16/h4-5,7-8,16-17H,3,6,9-11H2,1-2H3,(H,23,28)(H,22,24,27)/t16-,17-/m0/s1. The van der Waals surface area contributed by atoms with E-state index in [1.54, 1.807) is 11.0 Å². The second-order valence-corrected chi connectivity index (χ2v) is 7.43. The zero-order valence-electron chi connectivity index (χ0n) is 16.1. The average Bonchev–Trinajstić information content (AvgIpc) is 3.27. The summed E-state index contributed by atoms with van der Waals surface area (Å²) in [6.45, 7) is 4.39. The van der Waals surface area contributed by atoms with E-state index in [9.17, 15) is 14.4 Å². The van der Waals surface area contributed by atoms with E-state index in [2.05, 4.69) is 15.3 Å². The number of aryl methyl sites for hydroxylation is 1. The van der Waals surface area contributed by atoms with Gasteiger partial charge in [-0.15, -0.1) is 0 Å². The Morgan fingerprint density at radius 1 is 1.29 bits per heavy atom. The number of nitrogens with one attached hydrogen (secondary N) is 2. The van der Waals surface area contributed by atoms with E-state index >= 15 is 0 Å². The van der Waals surface area contributed by atoms with Crippen molar-refractivity contribution in [2.45, 2.75) is 51.6 Å². The molecule has 7 nitrogen and oxygen atoms in total. The van der Waals surface area contributed by atoms with Crippen LogP contribution in [0.4, 0.5) is 0 Å². The van der Waals surface area contributed by atoms with E-state index < -0.39 is 0 Å². The fourth-order valence-electron chi connectivity index (χ4n) is 4.33. The number of benzene rings is 1. The number of H-pyrrole nitrogens is 1. The maximum absolute atomic E-state index is 13.0. The first kappa shape index (κ1) is 18.4. The Hall–Kier alpha value is -2.96. The molecule has 0 aliphatic carbocycles. The highest BCUT2D eigenvalue weighted by molar-refractivity contribution is 5.99. The molecule has 0 unspecified atom stereocenters. The van der Waals surface area contributed by atoms with Crippen LogP contribution in [-0.2, 0) is 11.2 Å². The molecule has 2 amide bonds. The highest BCUT2D eigenvalue weighted by Crippen LogP contribution is 2.33. The summed E-state index contributed by atoms with van der Waals surface area (Å²) in [6.07, 6.45) is 2.47. The number of amides is 2. The first-order valence-electron chi connectivity index (χ1n) is 9.78. The predicted octanol–water partition coefficient (Wildman–Crippen LogP) is 2.18. The van der Waals surface area contributed by atoms with Crippen LogP contribution in [0.1, 0.15) is 71.3 Å². The van der Waals surface area contributed by atoms with Crippen LogP contribution in [0, 0.1) is 6.92 Å². The third-order valence-corrected chi connectivity index (χ3v) is 5.75. The predicted molar refractivity (Wildman–Crippen MR) is 104 cm³/mol. The molecule has 1 aromatic carbocycles. The van der Waals surface area contributed by atoms with Crippen molar-refractivity contribution in [3.63, 3.8) is 0 Å². The molecule has 1 aromatic heterocycles. The molecule has 146 valence electrons. The van der Waals surface area contributed by atoms with Gasteiger partial charge in [0.2, 0.25) is 5.91 Å². The molecule has 0 spiro atoms. The summed E-state index contributed by atoms with van der Waals surface area (Å²) in [7, 11) is 0. The summed E-state index contributed by atoms with van der Waals surface area (Å²) in [5.41, 5.74) is 2.78. The second-order valence-electron chi connectivity index (χ2n) is 7.43. The van der Waals surface area contributed by atoms with Gasteiger partial charge < -0.3 is 15.2 Å². The first-order valence-corrected chi connectivity index (χ1v) is 9.78. The van der Waals surface area contributed by atoms with E-state index in [4.69, 9.17) is 0 Å². The van der Waals surface area contributed by atoms with Gasteiger partial charge in [-0.3, -0.25) is 14.4 Å². The summed E-state index contributed by atoms with van der Waals surface area (Å²) in [5.74, 6) is 0.383. The monoisotopic (exact) mass is 380 g/mol. The number of hydrogen-bond acceptors (Lipinski definition) is 4. The van der Waals surface area contributed by atoms with Crippen LogP contribution in [0.3, 0.4) is 0 Å². The van der Waals surface area contributed by atoms with Gasteiger partial charge in [0, 0.05) is 23.4 Å². The Balaban J connectivity index is 1.55. The van der Waals surface area contributed by atoms with Crippen molar-refractivity contribution in [2.24, 2.45) is 0 Å². The van der Waals surface area contributed by atoms with Crippen LogP contribution in [-0.4, -0.2) is 33.2 Å². The summed E-state index contributed by atoms with van der Waals surface area (Å²) >= 11 is 0. The van der Waals surface area contributed by atoms with Gasteiger partial charge in [-0.1, -0.05) is 25.1 Å². The van der Waals surface area contributed by atoms with Crippen LogP contribution in [0.25, 0.3) is 0 Å². The van der Waals surface area contributed by atoms with E-state index in [0.29, 0.717) is 29.9 Å². The van der Waals surface area contributed by atoms with Crippen molar-refractivity contribution in [3.8, 4) is 0 Å². The lowest BCUT2D eigenvalue weighted by molar-refractivity contribution is -0.132. The molecule has 2 atom stereocenters. The first-order chi connectivity index (χ1) is 13.5. The fraction of sp³-hybridized carbons (Fsp3) is 0.429. The van der Waals surface area contributed by atoms with Crippen LogP contribution in [0.5, 0.6) is 0 Å². The maximum atomic E-state index is 13.0. The van der Waals surface area contributed by atoms with Gasteiger partial charge in [-0.05, 0) is 37.8 Å². The number of rotatable bonds is 4. The van der Waals surface area contributed by atoms with Crippen molar-refractivity contribution < 1.29 is 9.59 Å². The van der Waals surface area contributed by atoms with Gasteiger partial charge in [0.1, 0.15) is 5.82 Å². The summed E-state index contributed by atoms with van der Waals surface area (Å²) in [6, 6.07) is 6.83.